The van der Waals surface area contributed by atoms with Gasteiger partial charge in [-0.1, -0.05) is 30.9 Å². The second kappa shape index (κ2) is 5.44. The predicted molar refractivity (Wildman–Crippen MR) is 70.9 cm³/mol. The fraction of sp³-hybridized carbons (Fsp3) is 0.538. The van der Waals surface area contributed by atoms with Gasteiger partial charge in [0.1, 0.15) is 0 Å². The Bertz CT molecular complexity index is 346. The molecule has 1 aromatic carbocycles. The van der Waals surface area contributed by atoms with E-state index in [4.69, 9.17) is 17.3 Å². The SMILES string of the molecule is Nc1cc(Cl)ccc1NCC1CCCCC1. The Morgan fingerprint density at radius 3 is 2.69 bits per heavy atom. The number of hydrogen-bond donors (Lipinski definition) is 2. The highest BCUT2D eigenvalue weighted by Crippen LogP contribution is 2.26. The third-order valence-electron chi connectivity index (χ3n) is 3.32. The van der Waals surface area contributed by atoms with Gasteiger partial charge in [0.2, 0.25) is 0 Å². The van der Waals surface area contributed by atoms with Crippen LogP contribution in [0.15, 0.2) is 18.2 Å². The Kier molecular flexibility index (Phi) is 3.94. The molecule has 0 spiro atoms. The topological polar surface area (TPSA) is 38.0 Å². The van der Waals surface area contributed by atoms with Crippen molar-refractivity contribution in [3.8, 4) is 0 Å². The fourth-order valence-corrected chi connectivity index (χ4v) is 2.52. The first-order chi connectivity index (χ1) is 7.75. The van der Waals surface area contributed by atoms with Gasteiger partial charge in [-0.25, -0.2) is 0 Å². The van der Waals surface area contributed by atoms with Gasteiger partial charge in [0, 0.05) is 11.6 Å². The molecule has 0 heterocycles. The predicted octanol–water partition coefficient (Wildman–Crippen LogP) is 3.91. The zero-order valence-electron chi connectivity index (χ0n) is 9.51. The third kappa shape index (κ3) is 3.05. The van der Waals surface area contributed by atoms with E-state index in [1.165, 1.54) is 32.1 Å². The van der Waals surface area contributed by atoms with Gasteiger partial charge < -0.3 is 11.1 Å². The average Bonchev–Trinajstić information content (AvgIpc) is 2.29. The van der Waals surface area contributed by atoms with Gasteiger partial charge in [0.15, 0.2) is 0 Å². The van der Waals surface area contributed by atoms with Crippen LogP contribution in [0, 0.1) is 5.92 Å². The van der Waals surface area contributed by atoms with Crippen LogP contribution in [0.2, 0.25) is 5.02 Å². The first kappa shape index (κ1) is 11.6. The van der Waals surface area contributed by atoms with Crippen molar-refractivity contribution in [3.63, 3.8) is 0 Å². The van der Waals surface area contributed by atoms with Crippen LogP contribution in [0.5, 0.6) is 0 Å². The normalized spacial score (nSPS) is 17.3. The molecule has 0 radical (unpaired) electrons. The summed E-state index contributed by atoms with van der Waals surface area (Å²) in [5.41, 5.74) is 7.64. The van der Waals surface area contributed by atoms with Crippen LogP contribution in [-0.2, 0) is 0 Å². The summed E-state index contributed by atoms with van der Waals surface area (Å²) in [6.45, 7) is 1.03. The molecule has 0 unspecified atom stereocenters. The van der Waals surface area contributed by atoms with Gasteiger partial charge in [-0.2, -0.15) is 0 Å². The minimum atomic E-state index is 0.695. The first-order valence-corrected chi connectivity index (χ1v) is 6.42. The van der Waals surface area contributed by atoms with Crippen molar-refractivity contribution in [2.24, 2.45) is 5.92 Å². The number of rotatable bonds is 3. The first-order valence-electron chi connectivity index (χ1n) is 6.04. The largest absolute Gasteiger partial charge is 0.397 e. The molecule has 1 aliphatic rings. The van der Waals surface area contributed by atoms with Gasteiger partial charge in [0.25, 0.3) is 0 Å². The van der Waals surface area contributed by atoms with Gasteiger partial charge in [0.05, 0.1) is 11.4 Å². The van der Waals surface area contributed by atoms with E-state index in [9.17, 15) is 0 Å². The van der Waals surface area contributed by atoms with E-state index < -0.39 is 0 Å². The maximum atomic E-state index is 5.89. The van der Waals surface area contributed by atoms with Crippen LogP contribution in [0.25, 0.3) is 0 Å². The molecule has 1 aliphatic carbocycles. The van der Waals surface area contributed by atoms with Crippen molar-refractivity contribution in [2.45, 2.75) is 32.1 Å². The fourth-order valence-electron chi connectivity index (χ4n) is 2.34. The number of nitrogens with two attached hydrogens (primary N) is 1. The molecular weight excluding hydrogens is 220 g/mol. The highest BCUT2D eigenvalue weighted by atomic mass is 35.5. The van der Waals surface area contributed by atoms with Crippen molar-refractivity contribution in [3.05, 3.63) is 23.2 Å². The molecule has 16 heavy (non-hydrogen) atoms. The van der Waals surface area contributed by atoms with Crippen LogP contribution in [-0.4, -0.2) is 6.54 Å². The average molecular weight is 239 g/mol. The van der Waals surface area contributed by atoms with Gasteiger partial charge >= 0.3 is 0 Å². The molecule has 2 rings (SSSR count). The highest BCUT2D eigenvalue weighted by molar-refractivity contribution is 6.31. The molecule has 1 fully saturated rings. The third-order valence-corrected chi connectivity index (χ3v) is 3.55. The van der Waals surface area contributed by atoms with Crippen molar-refractivity contribution in [1.82, 2.24) is 0 Å². The summed E-state index contributed by atoms with van der Waals surface area (Å²) in [7, 11) is 0. The van der Waals surface area contributed by atoms with Crippen LogP contribution in [0.1, 0.15) is 32.1 Å². The van der Waals surface area contributed by atoms with E-state index in [1.54, 1.807) is 6.07 Å². The number of halogens is 1. The summed E-state index contributed by atoms with van der Waals surface area (Å²) in [5.74, 6) is 0.809. The second-order valence-electron chi connectivity index (χ2n) is 4.62. The zero-order chi connectivity index (χ0) is 11.4. The molecule has 3 heteroatoms. The van der Waals surface area contributed by atoms with Crippen LogP contribution in [0.3, 0.4) is 0 Å². The van der Waals surface area contributed by atoms with E-state index >= 15 is 0 Å². The molecule has 2 nitrogen and oxygen atoms in total. The summed E-state index contributed by atoms with van der Waals surface area (Å²) in [6, 6.07) is 5.63. The van der Waals surface area contributed by atoms with Crippen molar-refractivity contribution in [1.29, 1.82) is 0 Å². The minimum Gasteiger partial charge on any atom is -0.397 e. The Balaban J connectivity index is 1.88. The lowest BCUT2D eigenvalue weighted by molar-refractivity contribution is 0.373. The van der Waals surface area contributed by atoms with Crippen LogP contribution in [0.4, 0.5) is 11.4 Å². The quantitative estimate of drug-likeness (QED) is 0.784. The summed E-state index contributed by atoms with van der Waals surface area (Å²) >= 11 is 5.86. The number of nitrogens with one attached hydrogen (secondary N) is 1. The Morgan fingerprint density at radius 1 is 1.25 bits per heavy atom. The number of hydrogen-bond acceptors (Lipinski definition) is 2. The summed E-state index contributed by atoms with van der Waals surface area (Å²) in [6.07, 6.45) is 6.85. The van der Waals surface area contributed by atoms with E-state index in [-0.39, 0.29) is 0 Å². The van der Waals surface area contributed by atoms with Gasteiger partial charge in [-0.3, -0.25) is 0 Å². The van der Waals surface area contributed by atoms with Crippen LogP contribution >= 0.6 is 11.6 Å². The monoisotopic (exact) mass is 238 g/mol. The van der Waals surface area contributed by atoms with E-state index in [0.29, 0.717) is 5.02 Å². The lowest BCUT2D eigenvalue weighted by atomic mass is 9.89. The Hall–Kier alpha value is -0.890. The molecule has 88 valence electrons. The molecule has 0 saturated heterocycles. The molecule has 0 aliphatic heterocycles. The number of benzene rings is 1. The molecule has 1 aromatic rings. The molecular formula is C13H19ClN2. The van der Waals surface area contributed by atoms with Gasteiger partial charge in [-0.15, -0.1) is 0 Å². The van der Waals surface area contributed by atoms with E-state index in [1.807, 2.05) is 12.1 Å². The molecule has 1 saturated carbocycles. The maximum Gasteiger partial charge on any atom is 0.0575 e. The summed E-state index contributed by atoms with van der Waals surface area (Å²) in [4.78, 5) is 0. The number of nitrogen functional groups attached to an aromatic ring is 1. The van der Waals surface area contributed by atoms with Crippen molar-refractivity contribution < 1.29 is 0 Å². The van der Waals surface area contributed by atoms with Gasteiger partial charge in [-0.05, 0) is 37.0 Å². The minimum absolute atomic E-state index is 0.695. The molecule has 0 bridgehead atoms. The van der Waals surface area contributed by atoms with Crippen molar-refractivity contribution in [2.75, 3.05) is 17.6 Å². The summed E-state index contributed by atoms with van der Waals surface area (Å²) in [5, 5.41) is 4.12. The number of anilines is 2. The zero-order valence-corrected chi connectivity index (χ0v) is 10.3. The molecule has 3 N–H and O–H groups in total. The Morgan fingerprint density at radius 2 is 2.00 bits per heavy atom. The van der Waals surface area contributed by atoms with Crippen LogP contribution < -0.4 is 11.1 Å². The van der Waals surface area contributed by atoms with E-state index in [0.717, 1.165) is 23.8 Å². The van der Waals surface area contributed by atoms with Crippen molar-refractivity contribution >= 4 is 23.0 Å². The highest BCUT2D eigenvalue weighted by Gasteiger charge is 2.13. The summed E-state index contributed by atoms with van der Waals surface area (Å²) < 4.78 is 0. The lowest BCUT2D eigenvalue weighted by Gasteiger charge is -2.22. The lowest BCUT2D eigenvalue weighted by Crippen LogP contribution is -2.17. The maximum absolute atomic E-state index is 5.89. The van der Waals surface area contributed by atoms with E-state index in [2.05, 4.69) is 5.32 Å². The standard InChI is InChI=1S/C13H19ClN2/c14-11-6-7-13(12(15)8-11)16-9-10-4-2-1-3-5-10/h6-8,10,16H,1-5,9,15H2. The smallest absolute Gasteiger partial charge is 0.0575 e. The Labute approximate surface area is 102 Å². The molecule has 0 aromatic heterocycles. The molecule has 0 amide bonds. The second-order valence-corrected chi connectivity index (χ2v) is 5.05. The molecule has 0 atom stereocenters.